The highest BCUT2D eigenvalue weighted by Gasteiger charge is 2.41. The van der Waals surface area contributed by atoms with Crippen LogP contribution < -0.4 is 15.8 Å². The Morgan fingerprint density at radius 1 is 1.08 bits per heavy atom. The number of para-hydroxylation sites is 1. The van der Waals surface area contributed by atoms with Crippen LogP contribution in [0.15, 0.2) is 71.7 Å². The number of hydrogen-bond acceptors (Lipinski definition) is 5. The molecule has 2 N–H and O–H groups in total. The van der Waals surface area contributed by atoms with E-state index in [4.69, 9.17) is 4.98 Å². The van der Waals surface area contributed by atoms with E-state index >= 15 is 0 Å². The zero-order chi connectivity index (χ0) is 25.6. The van der Waals surface area contributed by atoms with Crippen molar-refractivity contribution in [3.8, 4) is 0 Å². The minimum atomic E-state index is -0.995. The lowest BCUT2D eigenvalue weighted by molar-refractivity contribution is 0.0698. The first-order chi connectivity index (χ1) is 17.2. The predicted octanol–water partition coefficient (Wildman–Crippen LogP) is 4.96. The van der Waals surface area contributed by atoms with Crippen molar-refractivity contribution >= 4 is 23.1 Å². The lowest BCUT2D eigenvalue weighted by Gasteiger charge is -2.49. The van der Waals surface area contributed by atoms with Crippen molar-refractivity contribution in [1.82, 2.24) is 9.38 Å². The first kappa shape index (κ1) is 23.6. The number of fused-ring (bicyclic) bond motifs is 1. The summed E-state index contributed by atoms with van der Waals surface area (Å²) in [5.41, 5.74) is 4.87. The predicted molar refractivity (Wildman–Crippen MR) is 142 cm³/mol. The molecule has 2 aromatic heterocycles. The fourth-order valence-corrected chi connectivity index (χ4v) is 5.19. The number of pyridine rings is 1. The van der Waals surface area contributed by atoms with E-state index in [9.17, 15) is 14.7 Å². The molecule has 36 heavy (non-hydrogen) atoms. The second-order valence-electron chi connectivity index (χ2n) is 10.0. The molecule has 184 valence electrons. The fraction of sp³-hybridized carbons (Fsp3) is 0.276. The molecule has 5 rings (SSSR count). The Hall–Kier alpha value is -4.13. The summed E-state index contributed by atoms with van der Waals surface area (Å²) in [6.07, 6.45) is 1.81. The molecule has 7 heteroatoms. The maximum absolute atomic E-state index is 13.5. The van der Waals surface area contributed by atoms with Gasteiger partial charge in [0.15, 0.2) is 0 Å². The van der Waals surface area contributed by atoms with Crippen molar-refractivity contribution in [2.75, 3.05) is 23.3 Å². The van der Waals surface area contributed by atoms with E-state index < -0.39 is 5.97 Å². The molecular weight excluding hydrogens is 452 g/mol. The van der Waals surface area contributed by atoms with Gasteiger partial charge in [0.25, 0.3) is 5.56 Å². The van der Waals surface area contributed by atoms with Gasteiger partial charge in [-0.1, -0.05) is 49.4 Å². The molecule has 1 fully saturated rings. The molecule has 0 aliphatic carbocycles. The van der Waals surface area contributed by atoms with Crippen molar-refractivity contribution in [3.05, 3.63) is 105 Å². The van der Waals surface area contributed by atoms with Crippen molar-refractivity contribution in [3.63, 3.8) is 0 Å². The number of nitrogens with one attached hydrogen (secondary N) is 1. The highest BCUT2D eigenvalue weighted by molar-refractivity contribution is 5.94. The molecule has 0 amide bonds. The average molecular weight is 483 g/mol. The molecule has 0 radical (unpaired) electrons. The van der Waals surface area contributed by atoms with E-state index in [0.717, 1.165) is 24.2 Å². The van der Waals surface area contributed by atoms with Crippen LogP contribution in [0.5, 0.6) is 0 Å². The standard InChI is InChI=1S/C29H30N4O3/c1-18-14-23(20(3)30-24-13-9-8-12-22(24)28(35)36)26-31-25(19(2)27(34)33(26)15-18)32-16-29(4,17-32)21-10-6-5-7-11-21/h5-15,20,30H,16-17H2,1-4H3,(H,35,36)/t20-/m0/s1. The summed E-state index contributed by atoms with van der Waals surface area (Å²) in [4.78, 5) is 32.3. The normalized spacial score (nSPS) is 15.4. The lowest BCUT2D eigenvalue weighted by atomic mass is 9.75. The van der Waals surface area contributed by atoms with Gasteiger partial charge in [-0.2, -0.15) is 0 Å². The Kier molecular flexibility index (Phi) is 5.79. The molecule has 0 unspecified atom stereocenters. The number of carboxylic acids is 1. The Balaban J connectivity index is 1.54. The molecule has 3 heterocycles. The first-order valence-corrected chi connectivity index (χ1v) is 12.1. The van der Waals surface area contributed by atoms with Gasteiger partial charge in [-0.15, -0.1) is 0 Å². The topological polar surface area (TPSA) is 86.9 Å². The van der Waals surface area contributed by atoms with Crippen LogP contribution in [0.4, 0.5) is 11.5 Å². The van der Waals surface area contributed by atoms with Gasteiger partial charge in [-0.25, -0.2) is 9.78 Å². The Labute approximate surface area is 210 Å². The van der Waals surface area contributed by atoms with Crippen LogP contribution >= 0.6 is 0 Å². The van der Waals surface area contributed by atoms with E-state index in [1.165, 1.54) is 5.56 Å². The number of hydrogen-bond donors (Lipinski definition) is 2. The van der Waals surface area contributed by atoms with Crippen LogP contribution in [-0.4, -0.2) is 33.6 Å². The van der Waals surface area contributed by atoms with E-state index in [1.54, 1.807) is 28.7 Å². The summed E-state index contributed by atoms with van der Waals surface area (Å²) in [6, 6.07) is 19.0. The van der Waals surface area contributed by atoms with Crippen LogP contribution in [0.25, 0.3) is 5.65 Å². The quantitative estimate of drug-likeness (QED) is 0.404. The smallest absolute Gasteiger partial charge is 0.337 e. The van der Waals surface area contributed by atoms with Gasteiger partial charge in [0.1, 0.15) is 11.5 Å². The first-order valence-electron chi connectivity index (χ1n) is 12.1. The lowest BCUT2D eigenvalue weighted by Crippen LogP contribution is -2.58. The molecule has 1 aliphatic heterocycles. The van der Waals surface area contributed by atoms with E-state index in [0.29, 0.717) is 22.7 Å². The minimum Gasteiger partial charge on any atom is -0.478 e. The number of carbonyl (C=O) groups is 1. The Morgan fingerprint density at radius 2 is 1.75 bits per heavy atom. The number of benzene rings is 2. The molecule has 0 bridgehead atoms. The monoisotopic (exact) mass is 482 g/mol. The molecule has 0 saturated carbocycles. The van der Waals surface area contributed by atoms with Gasteiger partial charge >= 0.3 is 5.97 Å². The number of anilines is 2. The van der Waals surface area contributed by atoms with Crippen molar-refractivity contribution in [2.24, 2.45) is 0 Å². The molecule has 1 saturated heterocycles. The van der Waals surface area contributed by atoms with Gasteiger partial charge < -0.3 is 15.3 Å². The third-order valence-corrected chi connectivity index (χ3v) is 7.14. The van der Waals surface area contributed by atoms with Crippen LogP contribution in [0.2, 0.25) is 0 Å². The van der Waals surface area contributed by atoms with Crippen molar-refractivity contribution < 1.29 is 9.90 Å². The van der Waals surface area contributed by atoms with E-state index in [-0.39, 0.29) is 22.6 Å². The van der Waals surface area contributed by atoms with E-state index in [2.05, 4.69) is 41.4 Å². The molecule has 4 aromatic rings. The number of nitrogens with zero attached hydrogens (tertiary/aromatic N) is 3. The number of carboxylic acid groups (broad SMARTS) is 1. The average Bonchev–Trinajstić information content (AvgIpc) is 2.85. The molecule has 1 aliphatic rings. The van der Waals surface area contributed by atoms with Gasteiger partial charge in [-0.05, 0) is 50.1 Å². The third-order valence-electron chi connectivity index (χ3n) is 7.14. The third kappa shape index (κ3) is 4.00. The summed E-state index contributed by atoms with van der Waals surface area (Å²) in [7, 11) is 0. The maximum Gasteiger partial charge on any atom is 0.337 e. The zero-order valence-electron chi connectivity index (χ0n) is 20.9. The number of aromatic nitrogens is 2. The molecule has 1 atom stereocenters. The SMILES string of the molecule is Cc1cc([C@H](C)Nc2ccccc2C(=O)O)c2nc(N3CC(C)(c4ccccc4)C3)c(C)c(=O)n2c1. The maximum atomic E-state index is 13.5. The van der Waals surface area contributed by atoms with Crippen LogP contribution in [-0.2, 0) is 5.41 Å². The van der Waals surface area contributed by atoms with Crippen molar-refractivity contribution in [2.45, 2.75) is 39.2 Å². The Bertz CT molecular complexity index is 1520. The molecule has 7 nitrogen and oxygen atoms in total. The summed E-state index contributed by atoms with van der Waals surface area (Å²) < 4.78 is 1.61. The molecular formula is C29H30N4O3. The largest absolute Gasteiger partial charge is 0.478 e. The summed E-state index contributed by atoms with van der Waals surface area (Å²) in [6.45, 7) is 9.53. The second kappa shape index (κ2) is 8.82. The van der Waals surface area contributed by atoms with Crippen LogP contribution in [0.3, 0.4) is 0 Å². The highest BCUT2D eigenvalue weighted by atomic mass is 16.4. The number of rotatable bonds is 6. The fourth-order valence-electron chi connectivity index (χ4n) is 5.19. The highest BCUT2D eigenvalue weighted by Crippen LogP contribution is 2.37. The Morgan fingerprint density at radius 3 is 2.44 bits per heavy atom. The second-order valence-corrected chi connectivity index (χ2v) is 10.0. The van der Waals surface area contributed by atoms with Gasteiger partial charge in [0.2, 0.25) is 0 Å². The molecule has 0 spiro atoms. The van der Waals surface area contributed by atoms with Gasteiger partial charge in [-0.3, -0.25) is 9.20 Å². The molecule has 2 aromatic carbocycles. The zero-order valence-corrected chi connectivity index (χ0v) is 20.9. The van der Waals surface area contributed by atoms with Crippen LogP contribution in [0, 0.1) is 13.8 Å². The summed E-state index contributed by atoms with van der Waals surface area (Å²) in [5.74, 6) is -0.289. The number of aryl methyl sites for hydroxylation is 1. The minimum absolute atomic E-state index is 0.00598. The summed E-state index contributed by atoms with van der Waals surface area (Å²) in [5, 5.41) is 12.9. The summed E-state index contributed by atoms with van der Waals surface area (Å²) >= 11 is 0. The van der Waals surface area contributed by atoms with E-state index in [1.807, 2.05) is 39.1 Å². The van der Waals surface area contributed by atoms with Gasteiger partial charge in [0, 0.05) is 36.0 Å². The number of aromatic carboxylic acids is 1. The van der Waals surface area contributed by atoms with Crippen molar-refractivity contribution in [1.29, 1.82) is 0 Å². The van der Waals surface area contributed by atoms with Gasteiger partial charge in [0.05, 0.1) is 17.2 Å². The van der Waals surface area contributed by atoms with Crippen LogP contribution in [0.1, 0.15) is 52.5 Å².